The van der Waals surface area contributed by atoms with E-state index in [9.17, 15) is 0 Å². The van der Waals surface area contributed by atoms with Gasteiger partial charge < -0.3 is 10.1 Å². The molecule has 96 valence electrons. The van der Waals surface area contributed by atoms with Gasteiger partial charge in [-0.05, 0) is 44.9 Å². The second kappa shape index (κ2) is 6.02. The van der Waals surface area contributed by atoms with Crippen LogP contribution in [0, 0.1) is 11.8 Å². The molecule has 0 radical (unpaired) electrons. The summed E-state index contributed by atoms with van der Waals surface area (Å²) in [5, 5.41) is 3.71. The van der Waals surface area contributed by atoms with Gasteiger partial charge in [0.25, 0.3) is 0 Å². The fourth-order valence-electron chi connectivity index (χ4n) is 2.67. The fourth-order valence-corrected chi connectivity index (χ4v) is 2.67. The standard InChI is InChI=1S/C14H29NO/c1-6-12-9-11(2)7-8-13(12)15-10-14(3,4)16-5/h11-13,15H,6-10H2,1-5H3. The highest BCUT2D eigenvalue weighted by atomic mass is 16.5. The lowest BCUT2D eigenvalue weighted by Gasteiger charge is -2.37. The summed E-state index contributed by atoms with van der Waals surface area (Å²) in [4.78, 5) is 0. The van der Waals surface area contributed by atoms with Crippen LogP contribution in [-0.4, -0.2) is 25.3 Å². The van der Waals surface area contributed by atoms with Gasteiger partial charge in [0.05, 0.1) is 5.60 Å². The number of nitrogens with one attached hydrogen (secondary N) is 1. The molecule has 1 N–H and O–H groups in total. The maximum atomic E-state index is 5.46. The first-order valence-electron chi connectivity index (χ1n) is 6.77. The molecule has 3 atom stereocenters. The lowest BCUT2D eigenvalue weighted by Crippen LogP contribution is -2.46. The van der Waals surface area contributed by atoms with Crippen LogP contribution in [-0.2, 0) is 4.74 Å². The number of ether oxygens (including phenoxy) is 1. The molecule has 0 aliphatic heterocycles. The molecule has 0 amide bonds. The summed E-state index contributed by atoms with van der Waals surface area (Å²) in [6, 6.07) is 0.704. The van der Waals surface area contributed by atoms with Crippen LogP contribution in [0.25, 0.3) is 0 Å². The third-order valence-corrected chi connectivity index (χ3v) is 4.11. The Labute approximate surface area is 101 Å². The highest BCUT2D eigenvalue weighted by Crippen LogP contribution is 2.31. The van der Waals surface area contributed by atoms with Crippen LogP contribution in [0.5, 0.6) is 0 Å². The van der Waals surface area contributed by atoms with E-state index in [1.165, 1.54) is 25.7 Å². The zero-order valence-corrected chi connectivity index (χ0v) is 11.7. The lowest BCUT2D eigenvalue weighted by atomic mass is 9.77. The van der Waals surface area contributed by atoms with Gasteiger partial charge in [-0.15, -0.1) is 0 Å². The zero-order chi connectivity index (χ0) is 12.2. The van der Waals surface area contributed by atoms with Crippen molar-refractivity contribution in [2.24, 2.45) is 11.8 Å². The van der Waals surface area contributed by atoms with Crippen molar-refractivity contribution in [3.8, 4) is 0 Å². The summed E-state index contributed by atoms with van der Waals surface area (Å²) >= 11 is 0. The van der Waals surface area contributed by atoms with E-state index >= 15 is 0 Å². The first kappa shape index (κ1) is 14.0. The summed E-state index contributed by atoms with van der Waals surface area (Å²) < 4.78 is 5.46. The second-order valence-corrected chi connectivity index (χ2v) is 6.04. The Bertz CT molecular complexity index is 203. The zero-order valence-electron chi connectivity index (χ0n) is 11.7. The molecular formula is C14H29NO. The van der Waals surface area contributed by atoms with Gasteiger partial charge >= 0.3 is 0 Å². The normalized spacial score (nSPS) is 31.7. The molecular weight excluding hydrogens is 198 g/mol. The van der Waals surface area contributed by atoms with E-state index in [4.69, 9.17) is 4.74 Å². The predicted molar refractivity (Wildman–Crippen MR) is 69.7 cm³/mol. The Morgan fingerprint density at radius 2 is 2.00 bits per heavy atom. The van der Waals surface area contributed by atoms with Crippen molar-refractivity contribution in [3.63, 3.8) is 0 Å². The summed E-state index contributed by atoms with van der Waals surface area (Å²) in [6.45, 7) is 9.95. The lowest BCUT2D eigenvalue weighted by molar-refractivity contribution is 0.0169. The summed E-state index contributed by atoms with van der Waals surface area (Å²) in [6.07, 6.45) is 5.40. The summed E-state index contributed by atoms with van der Waals surface area (Å²) in [5.41, 5.74) is -0.0403. The average molecular weight is 227 g/mol. The van der Waals surface area contributed by atoms with Crippen molar-refractivity contribution in [2.75, 3.05) is 13.7 Å². The van der Waals surface area contributed by atoms with Crippen LogP contribution in [0.2, 0.25) is 0 Å². The quantitative estimate of drug-likeness (QED) is 0.778. The highest BCUT2D eigenvalue weighted by molar-refractivity contribution is 4.85. The van der Waals surface area contributed by atoms with E-state index < -0.39 is 0 Å². The van der Waals surface area contributed by atoms with E-state index in [0.29, 0.717) is 6.04 Å². The molecule has 1 aliphatic rings. The number of rotatable bonds is 5. The van der Waals surface area contributed by atoms with Crippen molar-refractivity contribution >= 4 is 0 Å². The molecule has 0 aromatic rings. The molecule has 0 saturated heterocycles. The van der Waals surface area contributed by atoms with Crippen molar-refractivity contribution in [1.29, 1.82) is 0 Å². The topological polar surface area (TPSA) is 21.3 Å². The van der Waals surface area contributed by atoms with Crippen LogP contribution in [0.3, 0.4) is 0 Å². The maximum Gasteiger partial charge on any atom is 0.0746 e. The van der Waals surface area contributed by atoms with E-state index in [-0.39, 0.29) is 5.60 Å². The van der Waals surface area contributed by atoms with Crippen LogP contribution >= 0.6 is 0 Å². The Hall–Kier alpha value is -0.0800. The van der Waals surface area contributed by atoms with Gasteiger partial charge in [-0.1, -0.05) is 20.3 Å². The Morgan fingerprint density at radius 1 is 1.31 bits per heavy atom. The minimum atomic E-state index is -0.0403. The largest absolute Gasteiger partial charge is 0.377 e. The van der Waals surface area contributed by atoms with Gasteiger partial charge in [0.15, 0.2) is 0 Å². The number of hydrogen-bond donors (Lipinski definition) is 1. The van der Waals surface area contributed by atoms with E-state index in [1.807, 2.05) is 0 Å². The van der Waals surface area contributed by atoms with Gasteiger partial charge in [-0.25, -0.2) is 0 Å². The Morgan fingerprint density at radius 3 is 2.56 bits per heavy atom. The molecule has 1 aliphatic carbocycles. The molecule has 1 rings (SSSR count). The monoisotopic (exact) mass is 227 g/mol. The van der Waals surface area contributed by atoms with Crippen LogP contribution < -0.4 is 5.32 Å². The van der Waals surface area contributed by atoms with Crippen molar-refractivity contribution in [2.45, 2.75) is 65.0 Å². The molecule has 0 aromatic heterocycles. The third-order valence-electron chi connectivity index (χ3n) is 4.11. The Kier molecular flexibility index (Phi) is 5.26. The molecule has 1 saturated carbocycles. The molecule has 1 fully saturated rings. The van der Waals surface area contributed by atoms with Crippen molar-refractivity contribution in [1.82, 2.24) is 5.32 Å². The SMILES string of the molecule is CCC1CC(C)CCC1NCC(C)(C)OC. The molecule has 0 heterocycles. The van der Waals surface area contributed by atoms with E-state index in [0.717, 1.165) is 18.4 Å². The van der Waals surface area contributed by atoms with E-state index in [2.05, 4.69) is 33.0 Å². The Balaban J connectivity index is 2.40. The third kappa shape index (κ3) is 4.06. The van der Waals surface area contributed by atoms with Gasteiger partial charge in [-0.2, -0.15) is 0 Å². The predicted octanol–water partition coefficient (Wildman–Crippen LogP) is 3.22. The van der Waals surface area contributed by atoms with Crippen molar-refractivity contribution in [3.05, 3.63) is 0 Å². The summed E-state index contributed by atoms with van der Waals surface area (Å²) in [5.74, 6) is 1.77. The van der Waals surface area contributed by atoms with Crippen LogP contribution in [0.4, 0.5) is 0 Å². The number of hydrogen-bond acceptors (Lipinski definition) is 2. The average Bonchev–Trinajstić information content (AvgIpc) is 2.27. The summed E-state index contributed by atoms with van der Waals surface area (Å²) in [7, 11) is 1.79. The minimum absolute atomic E-state index is 0.0403. The molecule has 2 nitrogen and oxygen atoms in total. The molecule has 0 aromatic carbocycles. The van der Waals surface area contributed by atoms with Gasteiger partial charge in [0.1, 0.15) is 0 Å². The van der Waals surface area contributed by atoms with E-state index in [1.54, 1.807) is 7.11 Å². The molecule has 2 heteroatoms. The van der Waals surface area contributed by atoms with Gasteiger partial charge in [-0.3, -0.25) is 0 Å². The minimum Gasteiger partial charge on any atom is -0.377 e. The first-order chi connectivity index (χ1) is 7.48. The molecule has 0 spiro atoms. The molecule has 0 bridgehead atoms. The van der Waals surface area contributed by atoms with Gasteiger partial charge in [0.2, 0.25) is 0 Å². The smallest absolute Gasteiger partial charge is 0.0746 e. The number of methoxy groups -OCH3 is 1. The van der Waals surface area contributed by atoms with Crippen LogP contribution in [0.1, 0.15) is 53.4 Å². The second-order valence-electron chi connectivity index (χ2n) is 6.04. The van der Waals surface area contributed by atoms with Crippen molar-refractivity contribution < 1.29 is 4.74 Å². The maximum absolute atomic E-state index is 5.46. The highest BCUT2D eigenvalue weighted by Gasteiger charge is 2.28. The molecule has 3 unspecified atom stereocenters. The van der Waals surface area contributed by atoms with Gasteiger partial charge in [0, 0.05) is 19.7 Å². The molecule has 16 heavy (non-hydrogen) atoms. The first-order valence-corrected chi connectivity index (χ1v) is 6.77. The fraction of sp³-hybridized carbons (Fsp3) is 1.00. The van der Waals surface area contributed by atoms with Crippen LogP contribution in [0.15, 0.2) is 0 Å².